The molecule has 0 aliphatic heterocycles. The molecule has 0 radical (unpaired) electrons. The maximum Gasteiger partial charge on any atom is 0.303 e. The zero-order chi connectivity index (χ0) is 18.0. The average molecular weight is 332 g/mol. The minimum atomic E-state index is -0.297. The lowest BCUT2D eigenvalue weighted by Gasteiger charge is -2.12. The fourth-order valence-corrected chi connectivity index (χ4v) is 1.95. The number of rotatable bonds is 11. The number of carbonyl (C=O) groups is 2. The van der Waals surface area contributed by atoms with Gasteiger partial charge in [-0.3, -0.25) is 9.59 Å². The Morgan fingerprint density at radius 2 is 1.88 bits per heavy atom. The molecule has 4 nitrogen and oxygen atoms in total. The van der Waals surface area contributed by atoms with Gasteiger partial charge in [-0.1, -0.05) is 38.5 Å². The van der Waals surface area contributed by atoms with Gasteiger partial charge in [0.05, 0.1) is 6.61 Å². The van der Waals surface area contributed by atoms with E-state index in [4.69, 9.17) is 9.47 Å². The summed E-state index contributed by atoms with van der Waals surface area (Å²) in [5.74, 6) is 9.76. The Labute approximate surface area is 146 Å². The first kappa shape index (κ1) is 22.0. The zero-order valence-corrected chi connectivity index (χ0v) is 15.0. The monoisotopic (exact) mass is 332 g/mol. The Hall–Kier alpha value is -2.04. The largest absolute Gasteiger partial charge is 0.458 e. The van der Waals surface area contributed by atoms with Crippen molar-refractivity contribution in [3.05, 3.63) is 12.2 Å². The third-order valence-corrected chi connectivity index (χ3v) is 3.17. The lowest BCUT2D eigenvalue weighted by atomic mass is 10.1. The van der Waals surface area contributed by atoms with E-state index in [0.717, 1.165) is 19.3 Å². The molecule has 0 saturated heterocycles. The van der Waals surface area contributed by atoms with E-state index in [9.17, 15) is 9.59 Å². The first-order valence-corrected chi connectivity index (χ1v) is 8.47. The maximum atomic E-state index is 11.3. The third kappa shape index (κ3) is 14.9. The number of methoxy groups -OCH3 is 1. The number of carbonyl (C=O) groups excluding carboxylic acids is 2. The van der Waals surface area contributed by atoms with Crippen LogP contribution in [0.1, 0.15) is 58.8 Å². The van der Waals surface area contributed by atoms with Crippen molar-refractivity contribution in [1.29, 1.82) is 0 Å². The normalized spacial score (nSPS) is 11.1. The number of hydrogen-bond acceptors (Lipinski definition) is 4. The molecule has 0 N–H and O–H groups in total. The van der Waals surface area contributed by atoms with Gasteiger partial charge in [0.2, 0.25) is 5.78 Å². The van der Waals surface area contributed by atoms with E-state index in [1.165, 1.54) is 33.3 Å². The second-order valence-corrected chi connectivity index (χ2v) is 5.40. The molecule has 4 heteroatoms. The van der Waals surface area contributed by atoms with Crippen molar-refractivity contribution in [2.45, 2.75) is 64.9 Å². The van der Waals surface area contributed by atoms with Crippen LogP contribution in [0, 0.1) is 23.7 Å². The van der Waals surface area contributed by atoms with Gasteiger partial charge in [0.15, 0.2) is 0 Å². The molecule has 24 heavy (non-hydrogen) atoms. The van der Waals surface area contributed by atoms with Gasteiger partial charge in [-0.25, -0.2) is 0 Å². The summed E-state index contributed by atoms with van der Waals surface area (Å²) < 4.78 is 10.0. The molecule has 0 rings (SSSR count). The molecule has 0 aromatic heterocycles. The summed E-state index contributed by atoms with van der Waals surface area (Å²) in [5, 5.41) is 0. The van der Waals surface area contributed by atoms with Crippen LogP contribution in [-0.4, -0.2) is 31.6 Å². The molecule has 0 aliphatic rings. The summed E-state index contributed by atoms with van der Waals surface area (Å²) in [6.45, 7) is 3.95. The smallest absolute Gasteiger partial charge is 0.303 e. The van der Waals surface area contributed by atoms with Crippen molar-refractivity contribution in [2.75, 3.05) is 13.7 Å². The molecular formula is C20H28O4. The van der Waals surface area contributed by atoms with E-state index >= 15 is 0 Å². The number of ether oxygens (including phenoxy) is 2. The molecule has 132 valence electrons. The van der Waals surface area contributed by atoms with Crippen molar-refractivity contribution in [1.82, 2.24) is 0 Å². The lowest BCUT2D eigenvalue weighted by Crippen LogP contribution is -2.13. The van der Waals surface area contributed by atoms with E-state index < -0.39 is 0 Å². The SMILES string of the molecule is CCCCCCCC(C=CC#CC#CC(=O)CCOC)OC(C)=O. The molecule has 0 aromatic rings. The summed E-state index contributed by atoms with van der Waals surface area (Å²) in [6.07, 6.45) is 10.0. The molecule has 0 aliphatic carbocycles. The highest BCUT2D eigenvalue weighted by Gasteiger charge is 2.07. The predicted molar refractivity (Wildman–Crippen MR) is 95.1 cm³/mol. The predicted octanol–water partition coefficient (Wildman–Crippen LogP) is 3.45. The Morgan fingerprint density at radius 3 is 2.54 bits per heavy atom. The summed E-state index contributed by atoms with van der Waals surface area (Å²) in [5.41, 5.74) is 0. The summed E-state index contributed by atoms with van der Waals surface area (Å²) in [6, 6.07) is 0. The lowest BCUT2D eigenvalue weighted by molar-refractivity contribution is -0.144. The quantitative estimate of drug-likeness (QED) is 0.252. The van der Waals surface area contributed by atoms with E-state index in [1.807, 2.05) is 0 Å². The molecule has 0 fully saturated rings. The van der Waals surface area contributed by atoms with Gasteiger partial charge < -0.3 is 9.47 Å². The van der Waals surface area contributed by atoms with Gasteiger partial charge in [-0.05, 0) is 42.8 Å². The molecular weight excluding hydrogens is 304 g/mol. The Morgan fingerprint density at radius 1 is 1.12 bits per heavy atom. The number of unbranched alkanes of at least 4 members (excludes halogenated alkanes) is 4. The highest BCUT2D eigenvalue weighted by molar-refractivity contribution is 5.96. The molecule has 0 aromatic carbocycles. The van der Waals surface area contributed by atoms with Crippen molar-refractivity contribution in [2.24, 2.45) is 0 Å². The molecule has 0 amide bonds. The van der Waals surface area contributed by atoms with Crippen molar-refractivity contribution < 1.29 is 19.1 Å². The molecule has 1 unspecified atom stereocenters. The molecule has 0 spiro atoms. The fraction of sp³-hybridized carbons (Fsp3) is 0.600. The fourth-order valence-electron chi connectivity index (χ4n) is 1.95. The van der Waals surface area contributed by atoms with Crippen LogP contribution in [0.3, 0.4) is 0 Å². The highest BCUT2D eigenvalue weighted by atomic mass is 16.5. The topological polar surface area (TPSA) is 52.6 Å². The Bertz CT molecular complexity index is 511. The second kappa shape index (κ2) is 15.8. The zero-order valence-electron chi connectivity index (χ0n) is 15.0. The van der Waals surface area contributed by atoms with Crippen LogP contribution in [0.4, 0.5) is 0 Å². The first-order valence-electron chi connectivity index (χ1n) is 8.47. The molecule has 0 saturated carbocycles. The third-order valence-electron chi connectivity index (χ3n) is 3.17. The van der Waals surface area contributed by atoms with Crippen LogP contribution in [0.15, 0.2) is 12.2 Å². The van der Waals surface area contributed by atoms with Crippen LogP contribution in [0.5, 0.6) is 0 Å². The number of allylic oxidation sites excluding steroid dienone is 1. The van der Waals surface area contributed by atoms with Crippen LogP contribution in [0.25, 0.3) is 0 Å². The van der Waals surface area contributed by atoms with Crippen molar-refractivity contribution >= 4 is 11.8 Å². The van der Waals surface area contributed by atoms with E-state index in [-0.39, 0.29) is 24.3 Å². The number of ketones is 1. The van der Waals surface area contributed by atoms with Gasteiger partial charge in [0.1, 0.15) is 6.10 Å². The van der Waals surface area contributed by atoms with Crippen LogP contribution in [-0.2, 0) is 19.1 Å². The number of Topliss-reactive ketones (excluding diaryl/α,β-unsaturated/α-hetero) is 1. The van der Waals surface area contributed by atoms with Gasteiger partial charge in [-0.15, -0.1) is 0 Å². The average Bonchev–Trinajstić information content (AvgIpc) is 2.55. The highest BCUT2D eigenvalue weighted by Crippen LogP contribution is 2.10. The molecule has 0 heterocycles. The number of esters is 1. The van der Waals surface area contributed by atoms with E-state index in [2.05, 4.69) is 30.6 Å². The Balaban J connectivity index is 4.30. The minimum absolute atomic E-state index is 0.194. The van der Waals surface area contributed by atoms with Gasteiger partial charge >= 0.3 is 5.97 Å². The maximum absolute atomic E-state index is 11.3. The van der Waals surface area contributed by atoms with E-state index in [0.29, 0.717) is 6.61 Å². The van der Waals surface area contributed by atoms with Gasteiger partial charge in [-0.2, -0.15) is 0 Å². The summed E-state index contributed by atoms with van der Waals surface area (Å²) in [7, 11) is 1.54. The molecule has 1 atom stereocenters. The van der Waals surface area contributed by atoms with E-state index in [1.54, 1.807) is 12.2 Å². The van der Waals surface area contributed by atoms with Crippen LogP contribution >= 0.6 is 0 Å². The van der Waals surface area contributed by atoms with Crippen molar-refractivity contribution in [3.63, 3.8) is 0 Å². The van der Waals surface area contributed by atoms with Gasteiger partial charge in [0, 0.05) is 20.5 Å². The minimum Gasteiger partial charge on any atom is -0.458 e. The van der Waals surface area contributed by atoms with Gasteiger partial charge in [0.25, 0.3) is 0 Å². The number of hydrogen-bond donors (Lipinski definition) is 0. The van der Waals surface area contributed by atoms with Crippen LogP contribution < -0.4 is 0 Å². The molecule has 0 bridgehead atoms. The first-order chi connectivity index (χ1) is 11.6. The summed E-state index contributed by atoms with van der Waals surface area (Å²) >= 11 is 0. The standard InChI is InChI=1S/C20H28O4/c1-4-5-6-7-11-14-20(24-18(2)21)15-12-9-8-10-13-19(22)16-17-23-3/h12,15,20H,4-7,11,14,16-17H2,1-3H3. The van der Waals surface area contributed by atoms with Crippen LogP contribution in [0.2, 0.25) is 0 Å². The Kier molecular flexibility index (Phi) is 14.5. The second-order valence-electron chi connectivity index (χ2n) is 5.40. The summed E-state index contributed by atoms with van der Waals surface area (Å²) in [4.78, 5) is 22.4. The van der Waals surface area contributed by atoms with Crippen molar-refractivity contribution in [3.8, 4) is 23.7 Å².